The van der Waals surface area contributed by atoms with E-state index in [0.717, 1.165) is 72.9 Å². The molecule has 1 N–H and O–H groups in total. The van der Waals surface area contributed by atoms with Gasteiger partial charge >= 0.3 is 0 Å². The highest BCUT2D eigenvalue weighted by Crippen LogP contribution is 2.37. The third-order valence-corrected chi connectivity index (χ3v) is 13.7. The summed E-state index contributed by atoms with van der Waals surface area (Å²) in [6, 6.07) is 17.3. The molecule has 4 fully saturated rings. The Balaban J connectivity index is 0.647. The molecule has 298 valence electrons. The molecule has 1 atom stereocenters. The molecule has 3 aromatic heterocycles. The molecule has 4 amide bonds. The Bertz CT molecular complexity index is 2420. The maximum Gasteiger partial charge on any atom is 0.262 e. The van der Waals surface area contributed by atoms with Gasteiger partial charge in [0.2, 0.25) is 17.7 Å². The van der Waals surface area contributed by atoms with Gasteiger partial charge in [-0.1, -0.05) is 12.1 Å². The van der Waals surface area contributed by atoms with E-state index in [-0.39, 0.29) is 24.9 Å². The second kappa shape index (κ2) is 15.0. The zero-order valence-corrected chi connectivity index (χ0v) is 32.9. The summed E-state index contributed by atoms with van der Waals surface area (Å²) in [5, 5.41) is 4.64. The molecule has 5 aromatic rings. The summed E-state index contributed by atoms with van der Waals surface area (Å²) in [4.78, 5) is 65.5. The van der Waals surface area contributed by atoms with Crippen LogP contribution < -0.4 is 15.0 Å². The highest BCUT2D eigenvalue weighted by molar-refractivity contribution is 6.23. The molecule has 12 heteroatoms. The van der Waals surface area contributed by atoms with Crippen molar-refractivity contribution in [2.45, 2.75) is 69.9 Å². The first-order valence-electron chi connectivity index (χ1n) is 21.0. The molecule has 1 unspecified atom stereocenters. The standard InChI is InChI=1S/C46H49N7O5/c1-50-39-10-15-47-26-38(39)35-5-2-31(23-41(35)50)32-3-9-43(48-25-32)58-34-21-30(22-34)27-51-16-11-28(12-17-51)20-29-13-18-52(19-14-29)33-4-6-36-37(24-33)46(57)53(45(36)56)40-7-8-42(54)49-44(40)55/h2-6,9-10,15,23-26,28-30,34,40H,7-8,11-14,16-22,27H2,1H3,(H,49,54,55). The van der Waals surface area contributed by atoms with E-state index in [1.165, 1.54) is 54.2 Å². The fourth-order valence-electron chi connectivity index (χ4n) is 10.3. The number of fused-ring (bicyclic) bond motifs is 4. The Hall–Kier alpha value is -5.62. The zero-order chi connectivity index (χ0) is 39.5. The van der Waals surface area contributed by atoms with E-state index in [2.05, 4.69) is 67.0 Å². The van der Waals surface area contributed by atoms with Crippen LogP contribution in [0, 0.1) is 17.8 Å². The van der Waals surface area contributed by atoms with E-state index in [1.807, 2.05) is 36.8 Å². The number of nitrogens with one attached hydrogen (secondary N) is 1. The summed E-state index contributed by atoms with van der Waals surface area (Å²) in [6.07, 6.45) is 14.4. The number of anilines is 1. The van der Waals surface area contributed by atoms with Crippen molar-refractivity contribution in [3.8, 4) is 17.0 Å². The number of carbonyl (C=O) groups excluding carboxylic acids is 4. The third kappa shape index (κ3) is 6.80. The number of ether oxygens (including phenoxy) is 1. The van der Waals surface area contributed by atoms with Gasteiger partial charge in [-0.05, 0) is 124 Å². The van der Waals surface area contributed by atoms with Crippen molar-refractivity contribution in [3.63, 3.8) is 0 Å². The summed E-state index contributed by atoms with van der Waals surface area (Å²) in [5.74, 6) is 0.984. The van der Waals surface area contributed by atoms with Gasteiger partial charge in [0.15, 0.2) is 0 Å². The predicted molar refractivity (Wildman–Crippen MR) is 220 cm³/mol. The predicted octanol–water partition coefficient (Wildman–Crippen LogP) is 6.37. The Kier molecular flexibility index (Phi) is 9.46. The molecule has 5 aliphatic rings. The monoisotopic (exact) mass is 779 g/mol. The normalized spacial score (nSPS) is 23.4. The smallest absolute Gasteiger partial charge is 0.262 e. The Morgan fingerprint density at radius 2 is 1.50 bits per heavy atom. The molecule has 2 aromatic carbocycles. The van der Waals surface area contributed by atoms with Gasteiger partial charge in [0.05, 0.1) is 16.6 Å². The van der Waals surface area contributed by atoms with E-state index in [9.17, 15) is 19.2 Å². The average molecular weight is 780 g/mol. The van der Waals surface area contributed by atoms with Crippen LogP contribution in [0.2, 0.25) is 0 Å². The Morgan fingerprint density at radius 1 is 0.741 bits per heavy atom. The minimum Gasteiger partial charge on any atom is -0.474 e. The molecule has 3 saturated heterocycles. The van der Waals surface area contributed by atoms with Gasteiger partial charge in [0.25, 0.3) is 11.8 Å². The van der Waals surface area contributed by atoms with E-state index < -0.39 is 23.8 Å². The second-order valence-electron chi connectivity index (χ2n) is 17.2. The fourth-order valence-corrected chi connectivity index (χ4v) is 10.3. The average Bonchev–Trinajstić information content (AvgIpc) is 3.66. The molecule has 0 spiro atoms. The lowest BCUT2D eigenvalue weighted by Gasteiger charge is -2.41. The van der Waals surface area contributed by atoms with E-state index in [0.29, 0.717) is 28.8 Å². The lowest BCUT2D eigenvalue weighted by Crippen LogP contribution is -2.54. The summed E-state index contributed by atoms with van der Waals surface area (Å²) in [7, 11) is 2.10. The van der Waals surface area contributed by atoms with Crippen LogP contribution in [0.15, 0.2) is 73.2 Å². The quantitative estimate of drug-likeness (QED) is 0.170. The number of hydrogen-bond acceptors (Lipinski definition) is 9. The lowest BCUT2D eigenvalue weighted by molar-refractivity contribution is -0.136. The first-order valence-corrected chi connectivity index (χ1v) is 21.0. The van der Waals surface area contributed by atoms with Gasteiger partial charge in [0.1, 0.15) is 12.1 Å². The minimum absolute atomic E-state index is 0.112. The van der Waals surface area contributed by atoms with Crippen LogP contribution in [0.5, 0.6) is 5.88 Å². The molecular weight excluding hydrogens is 731 g/mol. The fraction of sp³-hybridized carbons (Fsp3) is 0.435. The van der Waals surface area contributed by atoms with Crippen LogP contribution in [-0.2, 0) is 16.6 Å². The number of imide groups is 2. The number of rotatable bonds is 9. The molecule has 7 heterocycles. The van der Waals surface area contributed by atoms with Gasteiger partial charge in [-0.15, -0.1) is 0 Å². The first-order chi connectivity index (χ1) is 28.3. The van der Waals surface area contributed by atoms with Gasteiger partial charge in [-0.3, -0.25) is 34.4 Å². The molecule has 10 rings (SSSR count). The molecule has 0 bridgehead atoms. The molecule has 1 saturated carbocycles. The van der Waals surface area contributed by atoms with Crippen LogP contribution in [-0.4, -0.2) is 92.8 Å². The van der Waals surface area contributed by atoms with Crippen molar-refractivity contribution >= 4 is 51.1 Å². The summed E-state index contributed by atoms with van der Waals surface area (Å²) in [6.45, 7) is 5.35. The highest BCUT2D eigenvalue weighted by atomic mass is 16.5. The van der Waals surface area contributed by atoms with Crippen molar-refractivity contribution in [2.75, 3.05) is 37.6 Å². The Labute approximate surface area is 337 Å². The third-order valence-electron chi connectivity index (χ3n) is 13.7. The first kappa shape index (κ1) is 36.7. The lowest BCUT2D eigenvalue weighted by atomic mass is 9.80. The number of hydrogen-bond donors (Lipinski definition) is 1. The van der Waals surface area contributed by atoms with Crippen molar-refractivity contribution in [3.05, 3.63) is 84.3 Å². The van der Waals surface area contributed by atoms with Crippen molar-refractivity contribution in [1.82, 2.24) is 29.7 Å². The molecule has 12 nitrogen and oxygen atoms in total. The van der Waals surface area contributed by atoms with Crippen molar-refractivity contribution in [1.29, 1.82) is 0 Å². The summed E-state index contributed by atoms with van der Waals surface area (Å²) >= 11 is 0. The van der Waals surface area contributed by atoms with Crippen LogP contribution in [0.25, 0.3) is 32.9 Å². The number of likely N-dealkylation sites (tertiary alicyclic amines) is 1. The Morgan fingerprint density at radius 3 is 2.26 bits per heavy atom. The molecule has 0 radical (unpaired) electrons. The molecular formula is C46H49N7O5. The van der Waals surface area contributed by atoms with Crippen LogP contribution in [0.1, 0.15) is 78.5 Å². The van der Waals surface area contributed by atoms with Gasteiger partial charge in [-0.2, -0.15) is 0 Å². The minimum atomic E-state index is -0.946. The van der Waals surface area contributed by atoms with Crippen molar-refractivity contribution in [2.24, 2.45) is 24.8 Å². The number of nitrogens with zero attached hydrogens (tertiary/aromatic N) is 6. The second-order valence-corrected chi connectivity index (χ2v) is 17.2. The number of amides is 4. The highest BCUT2D eigenvalue weighted by Gasteiger charge is 2.45. The summed E-state index contributed by atoms with van der Waals surface area (Å²) in [5.41, 5.74) is 6.19. The number of benzene rings is 2. The SMILES string of the molecule is Cn1c2ccncc2c2ccc(-c3ccc(OC4CC(CN5CCC(CC6CCN(c7ccc8c(c7)C(=O)N(C7CCC(=O)NC7=O)C8=O)CC6)CC5)C4)nc3)cc21. The molecule has 58 heavy (non-hydrogen) atoms. The van der Waals surface area contributed by atoms with Crippen LogP contribution in [0.3, 0.4) is 0 Å². The van der Waals surface area contributed by atoms with E-state index in [4.69, 9.17) is 4.74 Å². The molecule has 4 aliphatic heterocycles. The van der Waals surface area contributed by atoms with E-state index >= 15 is 0 Å². The summed E-state index contributed by atoms with van der Waals surface area (Å²) < 4.78 is 8.52. The largest absolute Gasteiger partial charge is 0.474 e. The number of carbonyl (C=O) groups is 4. The molecule has 1 aliphatic carbocycles. The van der Waals surface area contributed by atoms with E-state index in [1.54, 1.807) is 6.07 Å². The topological polar surface area (TPSA) is 130 Å². The maximum absolute atomic E-state index is 13.3. The van der Waals surface area contributed by atoms with Gasteiger partial charge in [0, 0.05) is 85.3 Å². The number of pyridine rings is 2. The zero-order valence-electron chi connectivity index (χ0n) is 32.9. The van der Waals surface area contributed by atoms with Gasteiger partial charge in [-0.25, -0.2) is 4.98 Å². The number of aromatic nitrogens is 3. The maximum atomic E-state index is 13.3. The van der Waals surface area contributed by atoms with Gasteiger partial charge < -0.3 is 19.1 Å². The van der Waals surface area contributed by atoms with Crippen LogP contribution >= 0.6 is 0 Å². The number of aryl methyl sites for hydroxylation is 1. The number of piperidine rings is 3. The van der Waals surface area contributed by atoms with Crippen molar-refractivity contribution < 1.29 is 23.9 Å². The van der Waals surface area contributed by atoms with Crippen LogP contribution in [0.4, 0.5) is 5.69 Å².